The van der Waals surface area contributed by atoms with Gasteiger partial charge in [0.25, 0.3) is 11.8 Å². The molecule has 0 aromatic heterocycles. The molecule has 2 fully saturated rings. The molecule has 1 aromatic rings. The summed E-state index contributed by atoms with van der Waals surface area (Å²) in [5, 5.41) is 14.4. The number of carbonyl (C=O) groups excluding carboxylic acids is 2. The van der Waals surface area contributed by atoms with Gasteiger partial charge in [-0.15, -0.1) is 6.58 Å². The van der Waals surface area contributed by atoms with Crippen LogP contribution in [0.4, 0.5) is 0 Å². The number of rotatable bonds is 9. The number of hydrazone groups is 1. The van der Waals surface area contributed by atoms with Crippen molar-refractivity contribution in [3.63, 3.8) is 0 Å². The molecule has 1 aromatic carbocycles. The summed E-state index contributed by atoms with van der Waals surface area (Å²) in [5.74, 6) is -1.28. The van der Waals surface area contributed by atoms with Crippen molar-refractivity contribution in [3.05, 3.63) is 48.1 Å². The van der Waals surface area contributed by atoms with Gasteiger partial charge in [-0.25, -0.2) is 4.79 Å². The molecule has 4 rings (SSSR count). The Morgan fingerprint density at radius 1 is 1.28 bits per heavy atom. The van der Waals surface area contributed by atoms with E-state index in [4.69, 9.17) is 9.47 Å². The summed E-state index contributed by atoms with van der Waals surface area (Å²) in [7, 11) is 0. The van der Waals surface area contributed by atoms with Crippen molar-refractivity contribution in [1.29, 1.82) is 0 Å². The molecule has 8 nitrogen and oxygen atoms in total. The second kappa shape index (κ2) is 8.61. The molecular weight excluding hydrogens is 412 g/mol. The third-order valence-electron chi connectivity index (χ3n) is 6.23. The number of benzene rings is 1. The summed E-state index contributed by atoms with van der Waals surface area (Å²) < 4.78 is 11.3. The number of hydrogen-bond acceptors (Lipinski definition) is 6. The predicted molar refractivity (Wildman–Crippen MR) is 116 cm³/mol. The van der Waals surface area contributed by atoms with Gasteiger partial charge in [0.15, 0.2) is 17.6 Å². The molecular formula is C24H26N2O6. The van der Waals surface area contributed by atoms with Crippen LogP contribution in [0.25, 0.3) is 0 Å². The van der Waals surface area contributed by atoms with Gasteiger partial charge in [-0.1, -0.05) is 18.2 Å². The smallest absolute Gasteiger partial charge is 0.344 e. The molecule has 1 aliphatic heterocycles. The number of nitrogens with zero attached hydrogens (tertiary/aromatic N) is 2. The number of ether oxygens (including phenoxy) is 2. The van der Waals surface area contributed by atoms with E-state index >= 15 is 0 Å². The fourth-order valence-electron chi connectivity index (χ4n) is 4.81. The molecule has 1 saturated heterocycles. The number of amides is 2. The zero-order valence-corrected chi connectivity index (χ0v) is 18.1. The van der Waals surface area contributed by atoms with Crippen molar-refractivity contribution in [3.8, 4) is 11.5 Å². The lowest BCUT2D eigenvalue weighted by Crippen LogP contribution is -2.28. The van der Waals surface area contributed by atoms with Gasteiger partial charge in [0.1, 0.15) is 0 Å². The van der Waals surface area contributed by atoms with E-state index in [1.807, 2.05) is 12.2 Å². The Morgan fingerprint density at radius 3 is 2.50 bits per heavy atom. The predicted octanol–water partition coefficient (Wildman–Crippen LogP) is 2.81. The monoisotopic (exact) mass is 438 g/mol. The third-order valence-corrected chi connectivity index (χ3v) is 6.23. The molecule has 3 aliphatic rings. The van der Waals surface area contributed by atoms with Gasteiger partial charge in [0.05, 0.1) is 24.7 Å². The lowest BCUT2D eigenvalue weighted by molar-refractivity contribution is -0.144. The maximum atomic E-state index is 12.8. The molecule has 2 bridgehead atoms. The number of allylic oxidation sites excluding steroid dienone is 3. The van der Waals surface area contributed by atoms with Crippen molar-refractivity contribution < 1.29 is 29.0 Å². The first-order valence-electron chi connectivity index (χ1n) is 10.8. The lowest BCUT2D eigenvalue weighted by atomic mass is 9.85. The van der Waals surface area contributed by atoms with E-state index in [1.54, 1.807) is 25.1 Å². The quantitative estimate of drug-likeness (QED) is 0.361. The minimum absolute atomic E-state index is 0.123. The Morgan fingerprint density at radius 2 is 1.94 bits per heavy atom. The molecule has 1 heterocycles. The molecule has 2 amide bonds. The standard InChI is InChI=1S/C24H26N2O6/c1-4-6-17-9-14(10-18(31-5-2)21(17)32-13(3)24(29)30)12-25-26-22(27)19-15-7-8-16(11-15)20(19)23(26)28/h4,7-10,12-13,15-16,19-20H,1,5-6,11H2,2-3H3,(H,29,30)/t13-,15+,16+,19-,20+/m1/s1. The molecule has 8 heteroatoms. The van der Waals surface area contributed by atoms with Gasteiger partial charge < -0.3 is 14.6 Å². The van der Waals surface area contributed by atoms with E-state index in [-0.39, 0.29) is 35.5 Å². The first-order valence-corrected chi connectivity index (χ1v) is 10.8. The van der Waals surface area contributed by atoms with Gasteiger partial charge >= 0.3 is 5.97 Å². The molecule has 0 spiro atoms. The Hall–Kier alpha value is -3.42. The van der Waals surface area contributed by atoms with Crippen LogP contribution in [0.5, 0.6) is 11.5 Å². The van der Waals surface area contributed by atoms with Gasteiger partial charge in [-0.2, -0.15) is 10.1 Å². The topological polar surface area (TPSA) is 106 Å². The van der Waals surface area contributed by atoms with Crippen molar-refractivity contribution in [2.75, 3.05) is 6.61 Å². The van der Waals surface area contributed by atoms with Crippen LogP contribution in [0.2, 0.25) is 0 Å². The average Bonchev–Trinajstić information content (AvgIpc) is 3.43. The van der Waals surface area contributed by atoms with Gasteiger partial charge in [-0.05, 0) is 56.2 Å². The molecule has 168 valence electrons. The number of carbonyl (C=O) groups is 3. The Kier molecular flexibility index (Phi) is 5.86. The number of imide groups is 1. The SMILES string of the molecule is C=CCc1cc(C=NN2C(=O)[C@@H]3[C@H](C2=O)[C@H]2C=C[C@H]3C2)cc(OCC)c1O[C@H](C)C(=O)O. The minimum Gasteiger partial charge on any atom is -0.490 e. The molecule has 2 aliphatic carbocycles. The fourth-order valence-corrected chi connectivity index (χ4v) is 4.81. The number of aliphatic carboxylic acids is 1. The van der Waals surface area contributed by atoms with E-state index in [1.165, 1.54) is 13.1 Å². The van der Waals surface area contributed by atoms with Crippen LogP contribution in [0.15, 0.2) is 42.0 Å². The fraction of sp³-hybridized carbons (Fsp3) is 0.417. The average molecular weight is 438 g/mol. The molecule has 0 radical (unpaired) electrons. The zero-order valence-electron chi connectivity index (χ0n) is 18.1. The Bertz CT molecular complexity index is 1000. The van der Waals surface area contributed by atoms with Gasteiger partial charge in [0.2, 0.25) is 0 Å². The Balaban J connectivity index is 1.63. The van der Waals surface area contributed by atoms with Crippen LogP contribution < -0.4 is 9.47 Å². The van der Waals surface area contributed by atoms with Gasteiger partial charge in [-0.3, -0.25) is 9.59 Å². The first kappa shape index (κ1) is 21.8. The third kappa shape index (κ3) is 3.70. The summed E-state index contributed by atoms with van der Waals surface area (Å²) in [4.78, 5) is 36.9. The van der Waals surface area contributed by atoms with E-state index in [0.29, 0.717) is 35.7 Å². The van der Waals surface area contributed by atoms with E-state index in [9.17, 15) is 19.5 Å². The van der Waals surface area contributed by atoms with Crippen molar-refractivity contribution in [1.82, 2.24) is 5.01 Å². The van der Waals surface area contributed by atoms with E-state index in [0.717, 1.165) is 11.4 Å². The second-order valence-corrected chi connectivity index (χ2v) is 8.26. The zero-order chi connectivity index (χ0) is 23.0. The summed E-state index contributed by atoms with van der Waals surface area (Å²) in [6.07, 6.45) is 7.40. The highest BCUT2D eigenvalue weighted by molar-refractivity contribution is 6.06. The van der Waals surface area contributed by atoms with Crippen molar-refractivity contribution >= 4 is 24.0 Å². The van der Waals surface area contributed by atoms with E-state index < -0.39 is 12.1 Å². The summed E-state index contributed by atoms with van der Waals surface area (Å²) in [6.45, 7) is 7.34. The number of carboxylic acid groups (broad SMARTS) is 1. The van der Waals surface area contributed by atoms with Crippen LogP contribution in [0.3, 0.4) is 0 Å². The largest absolute Gasteiger partial charge is 0.490 e. The molecule has 0 unspecified atom stereocenters. The summed E-state index contributed by atoms with van der Waals surface area (Å²) >= 11 is 0. The summed E-state index contributed by atoms with van der Waals surface area (Å²) in [6, 6.07) is 3.41. The minimum atomic E-state index is -1.09. The molecule has 1 saturated carbocycles. The van der Waals surface area contributed by atoms with Crippen molar-refractivity contribution in [2.24, 2.45) is 28.8 Å². The number of carboxylic acids is 1. The van der Waals surface area contributed by atoms with Gasteiger partial charge in [0, 0.05) is 5.56 Å². The highest BCUT2D eigenvalue weighted by atomic mass is 16.5. The summed E-state index contributed by atoms with van der Waals surface area (Å²) in [5.41, 5.74) is 1.26. The molecule has 5 atom stereocenters. The van der Waals surface area contributed by atoms with Crippen LogP contribution in [-0.4, -0.2) is 46.8 Å². The molecule has 32 heavy (non-hydrogen) atoms. The van der Waals surface area contributed by atoms with Crippen LogP contribution in [0, 0.1) is 23.7 Å². The highest BCUT2D eigenvalue weighted by Gasteiger charge is 2.59. The maximum absolute atomic E-state index is 12.8. The molecule has 1 N–H and O–H groups in total. The maximum Gasteiger partial charge on any atom is 0.344 e. The normalized spacial score (nSPS) is 26.6. The highest BCUT2D eigenvalue weighted by Crippen LogP contribution is 2.52. The van der Waals surface area contributed by atoms with E-state index in [2.05, 4.69) is 11.7 Å². The Labute approximate surface area is 186 Å². The van der Waals surface area contributed by atoms with Crippen LogP contribution in [-0.2, 0) is 20.8 Å². The lowest BCUT2D eigenvalue weighted by Gasteiger charge is -2.19. The van der Waals surface area contributed by atoms with Crippen LogP contribution in [0.1, 0.15) is 31.4 Å². The number of fused-ring (bicyclic) bond motifs is 5. The number of hydrogen-bond donors (Lipinski definition) is 1. The first-order chi connectivity index (χ1) is 15.3. The van der Waals surface area contributed by atoms with Crippen molar-refractivity contribution in [2.45, 2.75) is 32.8 Å². The second-order valence-electron chi connectivity index (χ2n) is 8.26. The van der Waals surface area contributed by atoms with Crippen LogP contribution >= 0.6 is 0 Å².